The number of non-ortho nitro benzene ring substituents is 1. The molecule has 0 spiro atoms. The van der Waals surface area contributed by atoms with Gasteiger partial charge in [0.2, 0.25) is 0 Å². The van der Waals surface area contributed by atoms with Crippen LogP contribution in [-0.2, 0) is 13.1 Å². The van der Waals surface area contributed by atoms with E-state index < -0.39 is 11.0 Å². The third-order valence-electron chi connectivity index (χ3n) is 2.79. The molecule has 0 saturated carbocycles. The number of aliphatic hydroxyl groups excluding tert-OH is 1. The van der Waals surface area contributed by atoms with Crippen LogP contribution in [0.25, 0.3) is 0 Å². The van der Waals surface area contributed by atoms with Gasteiger partial charge in [0.1, 0.15) is 0 Å². The highest BCUT2D eigenvalue weighted by atomic mass is 16.6. The zero-order valence-electron chi connectivity index (χ0n) is 10.8. The summed E-state index contributed by atoms with van der Waals surface area (Å²) in [6.45, 7) is 1.27. The smallest absolute Gasteiger partial charge is 0.269 e. The maximum Gasteiger partial charge on any atom is 0.269 e. The van der Waals surface area contributed by atoms with Crippen molar-refractivity contribution in [2.75, 3.05) is 6.54 Å². The van der Waals surface area contributed by atoms with Gasteiger partial charge in [-0.25, -0.2) is 0 Å². The van der Waals surface area contributed by atoms with E-state index in [9.17, 15) is 15.2 Å². The molecule has 7 heteroatoms. The van der Waals surface area contributed by atoms with Gasteiger partial charge >= 0.3 is 0 Å². The topological polar surface area (TPSA) is 93.2 Å². The second-order valence-electron chi connectivity index (χ2n) is 4.44. The van der Waals surface area contributed by atoms with Gasteiger partial charge in [-0.1, -0.05) is 12.1 Å². The molecule has 20 heavy (non-hydrogen) atoms. The SMILES string of the molecule is O=[N+]([O-])c1cccc(CNCC(O)Cn2cccn2)c1. The molecule has 0 fully saturated rings. The Kier molecular flexibility index (Phi) is 4.80. The molecule has 106 valence electrons. The lowest BCUT2D eigenvalue weighted by atomic mass is 10.2. The van der Waals surface area contributed by atoms with E-state index in [2.05, 4.69) is 10.4 Å². The number of nitro benzene ring substituents is 1. The van der Waals surface area contributed by atoms with E-state index >= 15 is 0 Å². The second-order valence-corrected chi connectivity index (χ2v) is 4.44. The zero-order chi connectivity index (χ0) is 14.4. The van der Waals surface area contributed by atoms with Crippen LogP contribution in [0, 0.1) is 10.1 Å². The number of rotatable bonds is 7. The Bertz CT molecular complexity index is 557. The van der Waals surface area contributed by atoms with Crippen molar-refractivity contribution in [3.63, 3.8) is 0 Å². The Balaban J connectivity index is 1.78. The second kappa shape index (κ2) is 6.78. The van der Waals surface area contributed by atoms with Crippen molar-refractivity contribution in [2.45, 2.75) is 19.2 Å². The van der Waals surface area contributed by atoms with Crippen LogP contribution in [0.4, 0.5) is 5.69 Å². The van der Waals surface area contributed by atoms with E-state index in [0.29, 0.717) is 19.6 Å². The molecule has 1 heterocycles. The van der Waals surface area contributed by atoms with Crippen LogP contribution in [0.1, 0.15) is 5.56 Å². The largest absolute Gasteiger partial charge is 0.390 e. The van der Waals surface area contributed by atoms with Crippen LogP contribution < -0.4 is 5.32 Å². The van der Waals surface area contributed by atoms with Crippen molar-refractivity contribution in [1.82, 2.24) is 15.1 Å². The van der Waals surface area contributed by atoms with Crippen molar-refractivity contribution in [2.24, 2.45) is 0 Å². The van der Waals surface area contributed by atoms with Crippen LogP contribution in [0.3, 0.4) is 0 Å². The molecule has 0 bridgehead atoms. The predicted molar refractivity (Wildman–Crippen MR) is 73.0 cm³/mol. The molecule has 7 nitrogen and oxygen atoms in total. The highest BCUT2D eigenvalue weighted by Crippen LogP contribution is 2.12. The molecule has 0 aliphatic heterocycles. The summed E-state index contributed by atoms with van der Waals surface area (Å²) in [5, 5.41) is 27.5. The van der Waals surface area contributed by atoms with E-state index in [4.69, 9.17) is 0 Å². The van der Waals surface area contributed by atoms with Crippen molar-refractivity contribution in [3.8, 4) is 0 Å². The first kappa shape index (κ1) is 14.2. The number of hydrogen-bond donors (Lipinski definition) is 2. The first-order valence-electron chi connectivity index (χ1n) is 6.24. The minimum absolute atomic E-state index is 0.0707. The zero-order valence-corrected chi connectivity index (χ0v) is 10.8. The lowest BCUT2D eigenvalue weighted by molar-refractivity contribution is -0.384. The summed E-state index contributed by atoms with van der Waals surface area (Å²) in [6.07, 6.45) is 2.88. The maximum atomic E-state index is 10.6. The Hall–Kier alpha value is -2.25. The number of nitro groups is 1. The van der Waals surface area contributed by atoms with E-state index in [-0.39, 0.29) is 5.69 Å². The number of aromatic nitrogens is 2. The third-order valence-corrected chi connectivity index (χ3v) is 2.79. The molecule has 1 aromatic heterocycles. The Morgan fingerprint density at radius 1 is 1.45 bits per heavy atom. The van der Waals surface area contributed by atoms with Crippen molar-refractivity contribution < 1.29 is 10.0 Å². The number of nitrogens with zero attached hydrogens (tertiary/aromatic N) is 3. The van der Waals surface area contributed by atoms with Crippen molar-refractivity contribution in [3.05, 3.63) is 58.4 Å². The first-order valence-corrected chi connectivity index (χ1v) is 6.24. The summed E-state index contributed by atoms with van der Waals surface area (Å²) in [7, 11) is 0. The molecular formula is C13H16N4O3. The fourth-order valence-electron chi connectivity index (χ4n) is 1.85. The summed E-state index contributed by atoms with van der Waals surface area (Å²) in [5.41, 5.74) is 0.881. The monoisotopic (exact) mass is 276 g/mol. The molecule has 2 N–H and O–H groups in total. The summed E-state index contributed by atoms with van der Waals surface area (Å²) in [5.74, 6) is 0. The Morgan fingerprint density at radius 3 is 3.00 bits per heavy atom. The molecule has 1 unspecified atom stereocenters. The van der Waals surface area contributed by atoms with Gasteiger partial charge in [0, 0.05) is 37.6 Å². The molecule has 1 atom stereocenters. The summed E-state index contributed by atoms with van der Waals surface area (Å²) in [4.78, 5) is 10.2. The van der Waals surface area contributed by atoms with Gasteiger partial charge in [0.15, 0.2) is 0 Å². The first-order chi connectivity index (χ1) is 9.65. The fourth-order valence-corrected chi connectivity index (χ4v) is 1.85. The normalized spacial score (nSPS) is 12.2. The van der Waals surface area contributed by atoms with Crippen LogP contribution in [-0.4, -0.2) is 32.5 Å². The maximum absolute atomic E-state index is 10.6. The standard InChI is InChI=1S/C13H16N4O3/c18-13(10-16-6-2-5-15-16)9-14-8-11-3-1-4-12(7-11)17(19)20/h1-7,13-14,18H,8-10H2. The highest BCUT2D eigenvalue weighted by Gasteiger charge is 2.07. The third kappa shape index (κ3) is 4.15. The molecule has 0 amide bonds. The summed E-state index contributed by atoms with van der Waals surface area (Å²) in [6, 6.07) is 8.22. The van der Waals surface area contributed by atoms with Gasteiger partial charge in [-0.2, -0.15) is 5.10 Å². The molecule has 2 aromatic rings. The summed E-state index contributed by atoms with van der Waals surface area (Å²) < 4.78 is 1.65. The molecule has 1 aromatic carbocycles. The molecule has 0 aliphatic rings. The van der Waals surface area contributed by atoms with Gasteiger partial charge in [-0.05, 0) is 11.6 Å². The van der Waals surface area contributed by atoms with Gasteiger partial charge in [-0.3, -0.25) is 14.8 Å². The van der Waals surface area contributed by atoms with Crippen LogP contribution in [0.5, 0.6) is 0 Å². The van der Waals surface area contributed by atoms with Gasteiger partial charge in [0.05, 0.1) is 17.6 Å². The Labute approximate surface area is 116 Å². The Morgan fingerprint density at radius 2 is 2.30 bits per heavy atom. The molecule has 0 aliphatic carbocycles. The van der Waals surface area contributed by atoms with Gasteiger partial charge < -0.3 is 10.4 Å². The minimum Gasteiger partial charge on any atom is -0.390 e. The van der Waals surface area contributed by atoms with Gasteiger partial charge in [-0.15, -0.1) is 0 Å². The number of aliphatic hydroxyl groups is 1. The summed E-state index contributed by atoms with van der Waals surface area (Å²) >= 11 is 0. The number of benzene rings is 1. The lowest BCUT2D eigenvalue weighted by Gasteiger charge is -2.11. The number of nitrogens with one attached hydrogen (secondary N) is 1. The van der Waals surface area contributed by atoms with E-state index in [1.807, 2.05) is 0 Å². The van der Waals surface area contributed by atoms with Gasteiger partial charge in [0.25, 0.3) is 5.69 Å². The molecular weight excluding hydrogens is 260 g/mol. The van der Waals surface area contributed by atoms with Crippen molar-refractivity contribution in [1.29, 1.82) is 0 Å². The van der Waals surface area contributed by atoms with Crippen molar-refractivity contribution >= 4 is 5.69 Å². The quantitative estimate of drug-likeness (QED) is 0.580. The van der Waals surface area contributed by atoms with Crippen LogP contribution in [0.2, 0.25) is 0 Å². The minimum atomic E-state index is -0.561. The number of hydrogen-bond acceptors (Lipinski definition) is 5. The molecule has 2 rings (SSSR count). The molecule has 0 radical (unpaired) electrons. The van der Waals surface area contributed by atoms with Crippen LogP contribution >= 0.6 is 0 Å². The van der Waals surface area contributed by atoms with E-state index in [1.165, 1.54) is 12.1 Å². The predicted octanol–water partition coefficient (Wildman–Crippen LogP) is 0.942. The molecule has 0 saturated heterocycles. The average molecular weight is 276 g/mol. The highest BCUT2D eigenvalue weighted by molar-refractivity contribution is 5.34. The van der Waals surface area contributed by atoms with E-state index in [0.717, 1.165) is 5.56 Å². The van der Waals surface area contributed by atoms with Crippen LogP contribution in [0.15, 0.2) is 42.7 Å². The fraction of sp³-hybridized carbons (Fsp3) is 0.308. The average Bonchev–Trinajstić information content (AvgIpc) is 2.92. The lowest BCUT2D eigenvalue weighted by Crippen LogP contribution is -2.30. The van der Waals surface area contributed by atoms with E-state index in [1.54, 1.807) is 35.3 Å².